The average molecular weight is 461 g/mol. The first-order valence-corrected chi connectivity index (χ1v) is 9.77. The maximum absolute atomic E-state index is 12.2. The highest BCUT2D eigenvalue weighted by molar-refractivity contribution is 5.94. The van der Waals surface area contributed by atoms with Gasteiger partial charge in [0.1, 0.15) is 18.2 Å². The second-order valence-corrected chi connectivity index (χ2v) is 7.74. The van der Waals surface area contributed by atoms with E-state index in [2.05, 4.69) is 10.6 Å². The molecule has 0 unspecified atom stereocenters. The van der Waals surface area contributed by atoms with Crippen LogP contribution in [-0.4, -0.2) is 82.4 Å². The zero-order valence-electron chi connectivity index (χ0n) is 18.3. The number of primary amides is 1. The van der Waals surface area contributed by atoms with Gasteiger partial charge < -0.3 is 36.2 Å². The van der Waals surface area contributed by atoms with Gasteiger partial charge in [-0.2, -0.15) is 0 Å². The summed E-state index contributed by atoms with van der Waals surface area (Å²) in [6.07, 6.45) is -0.719. The molecule has 0 radical (unpaired) electrons. The van der Waals surface area contributed by atoms with Gasteiger partial charge in [-0.1, -0.05) is 0 Å². The minimum absolute atomic E-state index is 0.0185. The Balaban J connectivity index is 4.76. The number of urea groups is 2. The molecular formula is C18H31N5O9. The summed E-state index contributed by atoms with van der Waals surface area (Å²) >= 11 is 0. The van der Waals surface area contributed by atoms with Crippen molar-refractivity contribution in [1.29, 1.82) is 0 Å². The molecule has 0 bridgehead atoms. The number of rotatable bonds is 12. The van der Waals surface area contributed by atoms with Gasteiger partial charge in [0.15, 0.2) is 0 Å². The molecule has 0 aromatic heterocycles. The summed E-state index contributed by atoms with van der Waals surface area (Å²) in [4.78, 5) is 69.6. The molecule has 0 saturated carbocycles. The van der Waals surface area contributed by atoms with Gasteiger partial charge in [-0.25, -0.2) is 19.2 Å². The molecule has 0 aromatic rings. The molecule has 7 N–H and O–H groups in total. The van der Waals surface area contributed by atoms with E-state index in [4.69, 9.17) is 20.7 Å². The molecule has 1 atom stereocenters. The fourth-order valence-corrected chi connectivity index (χ4v) is 2.31. The van der Waals surface area contributed by atoms with Crippen molar-refractivity contribution in [2.45, 2.75) is 58.1 Å². The predicted molar refractivity (Wildman–Crippen MR) is 110 cm³/mol. The molecule has 0 heterocycles. The lowest BCUT2D eigenvalue weighted by Gasteiger charge is -2.23. The van der Waals surface area contributed by atoms with Crippen LogP contribution in [0.5, 0.6) is 0 Å². The summed E-state index contributed by atoms with van der Waals surface area (Å²) in [7, 11) is 0. The number of alkyl carbamates (subject to hydrolysis) is 1. The van der Waals surface area contributed by atoms with E-state index >= 15 is 0 Å². The third-order valence-corrected chi connectivity index (χ3v) is 3.66. The van der Waals surface area contributed by atoms with E-state index in [0.29, 0.717) is 12.8 Å². The Bertz CT molecular complexity index is 705. The number of nitrogens with zero attached hydrogens (tertiary/aromatic N) is 1. The Morgan fingerprint density at radius 3 is 2.19 bits per heavy atom. The van der Waals surface area contributed by atoms with Crippen LogP contribution in [0, 0.1) is 0 Å². The van der Waals surface area contributed by atoms with E-state index in [1.54, 1.807) is 20.8 Å². The second kappa shape index (κ2) is 13.7. The maximum Gasteiger partial charge on any atom is 0.407 e. The van der Waals surface area contributed by atoms with Crippen LogP contribution in [-0.2, 0) is 19.1 Å². The highest BCUT2D eigenvalue weighted by Crippen LogP contribution is 2.06. The number of carboxylic acid groups (broad SMARTS) is 2. The van der Waals surface area contributed by atoms with Gasteiger partial charge >= 0.3 is 30.1 Å². The lowest BCUT2D eigenvalue weighted by molar-refractivity contribution is -0.143. The van der Waals surface area contributed by atoms with Crippen molar-refractivity contribution in [3.63, 3.8) is 0 Å². The van der Waals surface area contributed by atoms with Crippen LogP contribution in [0.4, 0.5) is 14.4 Å². The second-order valence-electron chi connectivity index (χ2n) is 7.74. The number of amides is 6. The van der Waals surface area contributed by atoms with E-state index in [-0.39, 0.29) is 19.5 Å². The molecule has 0 fully saturated rings. The number of carbonyl (C=O) groups excluding carboxylic acids is 4. The first-order valence-electron chi connectivity index (χ1n) is 9.77. The van der Waals surface area contributed by atoms with Crippen molar-refractivity contribution in [3.05, 3.63) is 0 Å². The Hall–Kier alpha value is -3.58. The van der Waals surface area contributed by atoms with Gasteiger partial charge in [-0.15, -0.1) is 0 Å². The molecule has 0 saturated heterocycles. The van der Waals surface area contributed by atoms with Crippen LogP contribution in [0.2, 0.25) is 0 Å². The number of unbranched alkanes of at least 4 members (excludes halogenated alkanes) is 1. The molecular weight excluding hydrogens is 430 g/mol. The number of hydrogen-bond acceptors (Lipinski definition) is 7. The van der Waals surface area contributed by atoms with Crippen molar-refractivity contribution < 1.29 is 43.7 Å². The minimum atomic E-state index is -1.46. The number of ether oxygens (including phenoxy) is 1. The van der Waals surface area contributed by atoms with Crippen LogP contribution < -0.4 is 21.7 Å². The Morgan fingerprint density at radius 1 is 1.06 bits per heavy atom. The standard InChI is InChI=1S/C18H31N5O9/c1-18(2,3)32-17(31)20-8-4-5-9-23(16(30)22-15(19)29)10-12(24)21-11(14(27)28)6-7-13(25)26/h11H,4-10H2,1-3H3,(H,20,31)(H,21,24)(H,25,26)(H,27,28)(H3,19,22,29,30)/t11-/m0/s1. The van der Waals surface area contributed by atoms with Crippen molar-refractivity contribution in [2.75, 3.05) is 19.6 Å². The fourth-order valence-electron chi connectivity index (χ4n) is 2.31. The lowest BCUT2D eigenvalue weighted by Crippen LogP contribution is -2.51. The Morgan fingerprint density at radius 2 is 1.69 bits per heavy atom. The number of nitrogens with one attached hydrogen (secondary N) is 3. The minimum Gasteiger partial charge on any atom is -0.481 e. The van der Waals surface area contributed by atoms with Crippen LogP contribution in [0.1, 0.15) is 46.5 Å². The fraction of sp³-hybridized carbons (Fsp3) is 0.667. The van der Waals surface area contributed by atoms with Crippen molar-refractivity contribution in [3.8, 4) is 0 Å². The summed E-state index contributed by atoms with van der Waals surface area (Å²) in [6, 6.07) is -3.57. The highest BCUT2D eigenvalue weighted by Gasteiger charge is 2.24. The molecule has 0 aromatic carbocycles. The molecule has 0 aliphatic rings. The lowest BCUT2D eigenvalue weighted by atomic mass is 10.1. The average Bonchev–Trinajstić information content (AvgIpc) is 2.61. The molecule has 0 aliphatic heterocycles. The smallest absolute Gasteiger partial charge is 0.407 e. The zero-order valence-corrected chi connectivity index (χ0v) is 18.3. The Labute approximate surface area is 184 Å². The summed E-state index contributed by atoms with van der Waals surface area (Å²) < 4.78 is 5.08. The summed E-state index contributed by atoms with van der Waals surface area (Å²) in [5, 5.41) is 24.2. The van der Waals surface area contributed by atoms with E-state index in [0.717, 1.165) is 4.90 Å². The molecule has 32 heavy (non-hydrogen) atoms. The van der Waals surface area contributed by atoms with Gasteiger partial charge in [0.05, 0.1) is 0 Å². The molecule has 14 heteroatoms. The molecule has 14 nitrogen and oxygen atoms in total. The van der Waals surface area contributed by atoms with Crippen LogP contribution >= 0.6 is 0 Å². The molecule has 0 rings (SSSR count). The van der Waals surface area contributed by atoms with E-state index < -0.39 is 60.6 Å². The summed E-state index contributed by atoms with van der Waals surface area (Å²) in [5.74, 6) is -3.52. The zero-order chi connectivity index (χ0) is 24.9. The first-order chi connectivity index (χ1) is 14.7. The maximum atomic E-state index is 12.2. The van der Waals surface area contributed by atoms with Gasteiger partial charge in [-0.05, 0) is 40.0 Å². The van der Waals surface area contributed by atoms with Crippen molar-refractivity contribution in [2.24, 2.45) is 5.73 Å². The van der Waals surface area contributed by atoms with E-state index in [1.165, 1.54) is 0 Å². The number of aliphatic carboxylic acids is 2. The molecule has 0 aliphatic carbocycles. The Kier molecular flexibility index (Phi) is 12.1. The predicted octanol–water partition coefficient (Wildman–Crippen LogP) is -0.184. The normalized spacial score (nSPS) is 11.6. The van der Waals surface area contributed by atoms with E-state index in [1.807, 2.05) is 5.32 Å². The quantitative estimate of drug-likeness (QED) is 0.212. The molecule has 6 amide bonds. The summed E-state index contributed by atoms with van der Waals surface area (Å²) in [5.41, 5.74) is 4.26. The third kappa shape index (κ3) is 14.4. The SMILES string of the molecule is CC(C)(C)OC(=O)NCCCCN(CC(=O)N[C@@H](CCC(=O)O)C(=O)O)C(=O)NC(N)=O. The monoisotopic (exact) mass is 461 g/mol. The van der Waals surface area contributed by atoms with Gasteiger partial charge in [0.25, 0.3) is 0 Å². The molecule has 182 valence electrons. The number of carboxylic acids is 2. The number of carbonyl (C=O) groups is 6. The highest BCUT2D eigenvalue weighted by atomic mass is 16.6. The molecule has 0 spiro atoms. The topological polar surface area (TPSA) is 217 Å². The van der Waals surface area contributed by atoms with E-state index in [9.17, 15) is 28.8 Å². The first kappa shape index (κ1) is 28.4. The van der Waals surface area contributed by atoms with Gasteiger partial charge in [-0.3, -0.25) is 14.9 Å². The third-order valence-electron chi connectivity index (χ3n) is 3.66. The van der Waals surface area contributed by atoms with Gasteiger partial charge in [0, 0.05) is 19.5 Å². The number of nitrogens with two attached hydrogens (primary N) is 1. The van der Waals surface area contributed by atoms with Crippen molar-refractivity contribution >= 4 is 36.0 Å². The van der Waals surface area contributed by atoms with Crippen molar-refractivity contribution in [1.82, 2.24) is 20.9 Å². The number of imide groups is 1. The number of hydrogen-bond donors (Lipinski definition) is 6. The largest absolute Gasteiger partial charge is 0.481 e. The summed E-state index contributed by atoms with van der Waals surface area (Å²) in [6.45, 7) is 4.74. The van der Waals surface area contributed by atoms with Crippen LogP contribution in [0.25, 0.3) is 0 Å². The van der Waals surface area contributed by atoms with Gasteiger partial charge in [0.2, 0.25) is 5.91 Å². The van der Waals surface area contributed by atoms with Crippen LogP contribution in [0.3, 0.4) is 0 Å². The van der Waals surface area contributed by atoms with Crippen LogP contribution in [0.15, 0.2) is 0 Å².